The van der Waals surface area contributed by atoms with Crippen LogP contribution in [-0.2, 0) is 65.4 Å². The molecule has 0 rings (SSSR count). The first-order valence-corrected chi connectivity index (χ1v) is 37.5. The SMILES string of the molecule is CCCCCCCCCCCCCCC(=O)O[C@H](COC(=O)CCCCCCCCCC)COP(=O)(O)OC[C@H](O)COP(=O)(O)OC[C@@H](COC(=O)CCCCCCCCCCCC(C)C)OC(=O)CCCCCCCCCCCCC(C)C. The maximum atomic E-state index is 13.0. The van der Waals surface area contributed by atoms with E-state index < -0.39 is 97.5 Å². The highest BCUT2D eigenvalue weighted by atomic mass is 31.2. The highest BCUT2D eigenvalue weighted by molar-refractivity contribution is 7.47. The van der Waals surface area contributed by atoms with Crippen LogP contribution in [0.15, 0.2) is 0 Å². The van der Waals surface area contributed by atoms with Gasteiger partial charge in [0.15, 0.2) is 12.2 Å². The second kappa shape index (κ2) is 58.4. The highest BCUT2D eigenvalue weighted by Gasteiger charge is 2.30. The molecule has 504 valence electrons. The predicted octanol–water partition coefficient (Wildman–Crippen LogP) is 18.4. The van der Waals surface area contributed by atoms with Crippen LogP contribution in [0.25, 0.3) is 0 Å². The summed E-state index contributed by atoms with van der Waals surface area (Å²) in [5, 5.41) is 10.5. The fourth-order valence-corrected chi connectivity index (χ4v) is 11.5. The second-order valence-corrected chi connectivity index (χ2v) is 27.7. The topological polar surface area (TPSA) is 237 Å². The lowest BCUT2D eigenvalue weighted by atomic mass is 10.0. The first-order chi connectivity index (χ1) is 40.9. The van der Waals surface area contributed by atoms with Crippen molar-refractivity contribution in [1.29, 1.82) is 0 Å². The number of unbranched alkanes of at least 4 members (excludes halogenated alkanes) is 35. The molecule has 0 bridgehead atoms. The van der Waals surface area contributed by atoms with E-state index in [-0.39, 0.29) is 25.7 Å². The summed E-state index contributed by atoms with van der Waals surface area (Å²) in [6.45, 7) is 9.46. The molecule has 0 radical (unpaired) electrons. The monoisotopic (exact) mass is 1250 g/mol. The molecule has 19 heteroatoms. The number of phosphoric ester groups is 2. The van der Waals surface area contributed by atoms with Crippen molar-refractivity contribution in [3.63, 3.8) is 0 Å². The van der Waals surface area contributed by atoms with Gasteiger partial charge in [-0.05, 0) is 37.5 Å². The molecule has 0 amide bonds. The number of aliphatic hydroxyl groups is 1. The zero-order chi connectivity index (χ0) is 62.9. The summed E-state index contributed by atoms with van der Waals surface area (Å²) in [6, 6.07) is 0. The van der Waals surface area contributed by atoms with Crippen LogP contribution in [-0.4, -0.2) is 96.7 Å². The molecule has 0 aromatic heterocycles. The van der Waals surface area contributed by atoms with Crippen molar-refractivity contribution < 1.29 is 80.2 Å². The summed E-state index contributed by atoms with van der Waals surface area (Å²) in [4.78, 5) is 72.3. The molecule has 3 N–H and O–H groups in total. The Morgan fingerprint density at radius 1 is 0.318 bits per heavy atom. The van der Waals surface area contributed by atoms with Crippen LogP contribution < -0.4 is 0 Å². The van der Waals surface area contributed by atoms with Crippen molar-refractivity contribution in [1.82, 2.24) is 0 Å². The summed E-state index contributed by atoms with van der Waals surface area (Å²) in [5.41, 5.74) is 0. The van der Waals surface area contributed by atoms with Crippen molar-refractivity contribution in [2.75, 3.05) is 39.6 Å². The number of phosphoric acid groups is 2. The second-order valence-electron chi connectivity index (χ2n) is 24.8. The standard InChI is InChI=1S/C66H128O17P2/c1-7-9-11-13-15-17-18-19-25-32-38-44-50-65(70)82-61(54-76-63(68)48-42-36-30-16-14-12-10-8-2)56-80-84(72,73)78-52-60(67)53-79-85(74,75)81-57-62(55-77-64(69)49-43-37-31-27-22-24-29-35-41-47-59(5)6)83-66(71)51-45-39-33-26-21-20-23-28-34-40-46-58(3)4/h58-62,67H,7-57H2,1-6H3,(H,72,73)(H,74,75)/t60-,61+,62+/m0/s1. The molecule has 0 aliphatic rings. The van der Waals surface area contributed by atoms with Gasteiger partial charge >= 0.3 is 39.5 Å². The number of carbonyl (C=O) groups is 4. The van der Waals surface area contributed by atoms with E-state index in [1.807, 2.05) is 0 Å². The summed E-state index contributed by atoms with van der Waals surface area (Å²) >= 11 is 0. The van der Waals surface area contributed by atoms with Crippen LogP contribution >= 0.6 is 15.6 Å². The third kappa shape index (κ3) is 60.7. The molecule has 0 heterocycles. The number of ether oxygens (including phenoxy) is 4. The number of rotatable bonds is 65. The molecule has 0 aliphatic carbocycles. The maximum Gasteiger partial charge on any atom is 0.472 e. The van der Waals surface area contributed by atoms with Crippen LogP contribution in [0.1, 0.15) is 330 Å². The summed E-state index contributed by atoms with van der Waals surface area (Å²) in [6.07, 6.45) is 41.6. The average molecular weight is 1260 g/mol. The van der Waals surface area contributed by atoms with Gasteiger partial charge in [-0.15, -0.1) is 0 Å². The molecular formula is C66H128O17P2. The zero-order valence-corrected chi connectivity index (χ0v) is 56.7. The Balaban J connectivity index is 5.23. The molecule has 0 aliphatic heterocycles. The van der Waals surface area contributed by atoms with E-state index in [2.05, 4.69) is 41.5 Å². The Labute approximate surface area is 517 Å². The first kappa shape index (κ1) is 83.1. The molecular weight excluding hydrogens is 1130 g/mol. The van der Waals surface area contributed by atoms with Crippen LogP contribution in [0.5, 0.6) is 0 Å². The molecule has 85 heavy (non-hydrogen) atoms. The van der Waals surface area contributed by atoms with Gasteiger partial charge in [0.25, 0.3) is 0 Å². The van der Waals surface area contributed by atoms with Gasteiger partial charge in [0.1, 0.15) is 19.3 Å². The van der Waals surface area contributed by atoms with Crippen LogP contribution in [0, 0.1) is 11.8 Å². The van der Waals surface area contributed by atoms with E-state index in [4.69, 9.17) is 37.0 Å². The van der Waals surface area contributed by atoms with Gasteiger partial charge in [-0.1, -0.05) is 279 Å². The van der Waals surface area contributed by atoms with E-state index in [0.29, 0.717) is 25.7 Å². The predicted molar refractivity (Wildman–Crippen MR) is 340 cm³/mol. The Kier molecular flexibility index (Phi) is 57.1. The summed E-state index contributed by atoms with van der Waals surface area (Å²) < 4.78 is 68.1. The molecule has 0 aromatic rings. The van der Waals surface area contributed by atoms with Crippen LogP contribution in [0.3, 0.4) is 0 Å². The van der Waals surface area contributed by atoms with Gasteiger partial charge in [0, 0.05) is 25.7 Å². The van der Waals surface area contributed by atoms with Crippen molar-refractivity contribution in [3.8, 4) is 0 Å². The average Bonchev–Trinajstić information content (AvgIpc) is 3.51. The van der Waals surface area contributed by atoms with E-state index in [0.717, 1.165) is 108 Å². The van der Waals surface area contributed by atoms with Gasteiger partial charge in [0.05, 0.1) is 26.4 Å². The molecule has 0 spiro atoms. The number of hydrogen-bond donors (Lipinski definition) is 3. The van der Waals surface area contributed by atoms with Gasteiger partial charge in [-0.25, -0.2) is 9.13 Å². The van der Waals surface area contributed by atoms with E-state index in [9.17, 15) is 43.2 Å². The lowest BCUT2D eigenvalue weighted by molar-refractivity contribution is -0.161. The van der Waals surface area contributed by atoms with Crippen molar-refractivity contribution in [3.05, 3.63) is 0 Å². The molecule has 0 saturated carbocycles. The number of aliphatic hydroxyl groups excluding tert-OH is 1. The van der Waals surface area contributed by atoms with E-state index >= 15 is 0 Å². The van der Waals surface area contributed by atoms with Gasteiger partial charge in [-0.2, -0.15) is 0 Å². The van der Waals surface area contributed by atoms with Crippen molar-refractivity contribution in [2.45, 2.75) is 349 Å². The van der Waals surface area contributed by atoms with Gasteiger partial charge < -0.3 is 33.8 Å². The lowest BCUT2D eigenvalue weighted by Gasteiger charge is -2.21. The number of carbonyl (C=O) groups excluding carboxylic acids is 4. The Morgan fingerprint density at radius 2 is 0.541 bits per heavy atom. The minimum Gasteiger partial charge on any atom is -0.462 e. The van der Waals surface area contributed by atoms with Crippen molar-refractivity contribution >= 4 is 39.5 Å². The third-order valence-corrected chi connectivity index (χ3v) is 17.1. The van der Waals surface area contributed by atoms with E-state index in [1.54, 1.807) is 0 Å². The minimum atomic E-state index is -4.95. The molecule has 5 atom stereocenters. The van der Waals surface area contributed by atoms with Crippen LogP contribution in [0.4, 0.5) is 0 Å². The minimum absolute atomic E-state index is 0.105. The first-order valence-electron chi connectivity index (χ1n) is 34.5. The molecule has 0 aromatic carbocycles. The quantitative estimate of drug-likeness (QED) is 0.0222. The largest absolute Gasteiger partial charge is 0.472 e. The molecule has 0 saturated heterocycles. The Bertz CT molecular complexity index is 1670. The lowest BCUT2D eigenvalue weighted by Crippen LogP contribution is -2.30. The fourth-order valence-electron chi connectivity index (χ4n) is 9.88. The van der Waals surface area contributed by atoms with Gasteiger partial charge in [0.2, 0.25) is 0 Å². The Morgan fingerprint density at radius 3 is 0.800 bits per heavy atom. The number of hydrogen-bond acceptors (Lipinski definition) is 15. The summed E-state index contributed by atoms with van der Waals surface area (Å²) in [7, 11) is -9.89. The maximum absolute atomic E-state index is 13.0. The zero-order valence-electron chi connectivity index (χ0n) is 54.9. The van der Waals surface area contributed by atoms with E-state index in [1.165, 1.54) is 141 Å². The third-order valence-electron chi connectivity index (χ3n) is 15.2. The van der Waals surface area contributed by atoms with Gasteiger partial charge in [-0.3, -0.25) is 37.3 Å². The molecule has 0 fully saturated rings. The van der Waals surface area contributed by atoms with Crippen molar-refractivity contribution in [2.24, 2.45) is 11.8 Å². The highest BCUT2D eigenvalue weighted by Crippen LogP contribution is 2.45. The number of esters is 4. The molecule has 17 nitrogen and oxygen atoms in total. The Hall–Kier alpha value is -1.94. The van der Waals surface area contributed by atoms with Crippen LogP contribution in [0.2, 0.25) is 0 Å². The molecule has 2 unspecified atom stereocenters. The normalized spacial score (nSPS) is 14.2. The smallest absolute Gasteiger partial charge is 0.462 e. The fraction of sp³-hybridized carbons (Fsp3) is 0.939. The summed E-state index contributed by atoms with van der Waals surface area (Å²) in [5.74, 6) is -0.636.